The molecule has 1 aromatic carbocycles. The Morgan fingerprint density at radius 1 is 1.12 bits per heavy atom. The van der Waals surface area contributed by atoms with Gasteiger partial charge in [-0.3, -0.25) is 4.90 Å². The first-order valence-corrected chi connectivity index (χ1v) is 8.35. The van der Waals surface area contributed by atoms with Crippen LogP contribution in [0.15, 0.2) is 18.2 Å². The molecule has 0 atom stereocenters. The van der Waals surface area contributed by atoms with Gasteiger partial charge in [0.05, 0.1) is 0 Å². The minimum atomic E-state index is -1.82. The maximum Gasteiger partial charge on any atom is 0.414 e. The van der Waals surface area contributed by atoms with Gasteiger partial charge in [-0.15, -0.1) is 0 Å². The van der Waals surface area contributed by atoms with Gasteiger partial charge in [0.25, 0.3) is 0 Å². The molecular formula is C16H21N3O6S. The zero-order valence-electron chi connectivity index (χ0n) is 14.3. The van der Waals surface area contributed by atoms with Crippen molar-refractivity contribution in [3.63, 3.8) is 0 Å². The molecule has 0 saturated carbocycles. The number of fused-ring (bicyclic) bond motifs is 1. The predicted octanol–water partition coefficient (Wildman–Crippen LogP) is 0.193. The SMILES string of the molecule is CNC(=S)N1CCN(Cc2ccc3c(c2)OCO3)CC1.O=C(O)C(=O)O. The van der Waals surface area contributed by atoms with Crippen LogP contribution in [0.4, 0.5) is 0 Å². The van der Waals surface area contributed by atoms with Crippen molar-refractivity contribution in [2.75, 3.05) is 40.0 Å². The quantitative estimate of drug-likeness (QED) is 0.483. The Hall–Kier alpha value is -2.59. The molecule has 3 rings (SSSR count). The average Bonchev–Trinajstić information content (AvgIpc) is 3.10. The molecule has 1 fully saturated rings. The molecule has 0 aliphatic carbocycles. The minimum Gasteiger partial charge on any atom is -0.473 e. The molecule has 2 aliphatic rings. The molecule has 2 aliphatic heterocycles. The zero-order valence-corrected chi connectivity index (χ0v) is 15.1. The third kappa shape index (κ3) is 5.46. The molecule has 0 spiro atoms. The molecule has 0 amide bonds. The Labute approximate surface area is 156 Å². The van der Waals surface area contributed by atoms with Crippen molar-refractivity contribution >= 4 is 29.3 Å². The van der Waals surface area contributed by atoms with Crippen LogP contribution in [0.3, 0.4) is 0 Å². The summed E-state index contributed by atoms with van der Waals surface area (Å²) < 4.78 is 10.7. The summed E-state index contributed by atoms with van der Waals surface area (Å²) in [6.45, 7) is 5.27. The fraction of sp³-hybridized carbons (Fsp3) is 0.438. The van der Waals surface area contributed by atoms with Crippen LogP contribution < -0.4 is 14.8 Å². The zero-order chi connectivity index (χ0) is 19.1. The number of thiocarbonyl (C=S) groups is 1. The van der Waals surface area contributed by atoms with Crippen molar-refractivity contribution < 1.29 is 29.3 Å². The minimum absolute atomic E-state index is 0.332. The fourth-order valence-electron chi connectivity index (χ4n) is 2.56. The second-order valence-corrected chi connectivity index (χ2v) is 6.00. The van der Waals surface area contributed by atoms with Crippen molar-refractivity contribution in [3.05, 3.63) is 23.8 Å². The van der Waals surface area contributed by atoms with Crippen LogP contribution in [-0.2, 0) is 16.1 Å². The van der Waals surface area contributed by atoms with Gasteiger partial charge in [0.1, 0.15) is 0 Å². The number of piperazine rings is 1. The summed E-state index contributed by atoms with van der Waals surface area (Å²) in [6, 6.07) is 6.18. The van der Waals surface area contributed by atoms with Gasteiger partial charge in [0.15, 0.2) is 16.6 Å². The highest BCUT2D eigenvalue weighted by molar-refractivity contribution is 7.80. The predicted molar refractivity (Wildman–Crippen MR) is 96.3 cm³/mol. The molecule has 142 valence electrons. The summed E-state index contributed by atoms with van der Waals surface area (Å²) in [5.41, 5.74) is 1.26. The van der Waals surface area contributed by atoms with E-state index in [9.17, 15) is 0 Å². The molecule has 2 heterocycles. The smallest absolute Gasteiger partial charge is 0.414 e. The lowest BCUT2D eigenvalue weighted by Gasteiger charge is -2.35. The van der Waals surface area contributed by atoms with E-state index in [2.05, 4.69) is 27.2 Å². The van der Waals surface area contributed by atoms with Gasteiger partial charge in [-0.1, -0.05) is 6.07 Å². The highest BCUT2D eigenvalue weighted by Crippen LogP contribution is 2.32. The van der Waals surface area contributed by atoms with E-state index in [0.717, 1.165) is 49.3 Å². The third-order valence-electron chi connectivity index (χ3n) is 3.90. The molecule has 0 bridgehead atoms. The fourth-order valence-corrected chi connectivity index (χ4v) is 2.75. The van der Waals surface area contributed by atoms with Crippen LogP contribution in [0.25, 0.3) is 0 Å². The molecule has 0 unspecified atom stereocenters. The van der Waals surface area contributed by atoms with Crippen LogP contribution in [0.5, 0.6) is 11.5 Å². The molecule has 1 saturated heterocycles. The van der Waals surface area contributed by atoms with Gasteiger partial charge in [0.2, 0.25) is 6.79 Å². The van der Waals surface area contributed by atoms with E-state index >= 15 is 0 Å². The van der Waals surface area contributed by atoms with Gasteiger partial charge in [0, 0.05) is 39.8 Å². The van der Waals surface area contributed by atoms with Crippen LogP contribution in [-0.4, -0.2) is 77.1 Å². The van der Waals surface area contributed by atoms with Gasteiger partial charge in [-0.2, -0.15) is 0 Å². The third-order valence-corrected chi connectivity index (χ3v) is 4.36. The second kappa shape index (κ2) is 9.20. The van der Waals surface area contributed by atoms with Crippen LogP contribution >= 0.6 is 12.2 Å². The lowest BCUT2D eigenvalue weighted by molar-refractivity contribution is -0.159. The summed E-state index contributed by atoms with van der Waals surface area (Å²) in [4.78, 5) is 22.8. The van der Waals surface area contributed by atoms with Crippen LogP contribution in [0.1, 0.15) is 5.56 Å². The summed E-state index contributed by atoms with van der Waals surface area (Å²) in [6.07, 6.45) is 0. The molecular weight excluding hydrogens is 362 g/mol. The average molecular weight is 383 g/mol. The highest BCUT2D eigenvalue weighted by atomic mass is 32.1. The lowest BCUT2D eigenvalue weighted by Crippen LogP contribution is -2.50. The first-order chi connectivity index (χ1) is 12.4. The maximum absolute atomic E-state index is 9.10. The summed E-state index contributed by atoms with van der Waals surface area (Å²) in [5, 5.41) is 18.7. The summed E-state index contributed by atoms with van der Waals surface area (Å²) in [5.74, 6) is -1.94. The molecule has 0 aromatic heterocycles. The van der Waals surface area contributed by atoms with E-state index in [1.807, 2.05) is 13.1 Å². The first kappa shape index (κ1) is 19.7. The summed E-state index contributed by atoms with van der Waals surface area (Å²) in [7, 11) is 1.88. The van der Waals surface area contributed by atoms with E-state index in [0.29, 0.717) is 6.79 Å². The van der Waals surface area contributed by atoms with E-state index in [1.165, 1.54) is 5.56 Å². The normalized spacial score (nSPS) is 15.7. The molecule has 9 nitrogen and oxygen atoms in total. The maximum atomic E-state index is 9.10. The van der Waals surface area contributed by atoms with Gasteiger partial charge >= 0.3 is 11.9 Å². The Bertz CT molecular complexity index is 664. The van der Waals surface area contributed by atoms with Crippen molar-refractivity contribution in [1.29, 1.82) is 0 Å². The first-order valence-electron chi connectivity index (χ1n) is 7.94. The molecule has 10 heteroatoms. The van der Waals surface area contributed by atoms with E-state index < -0.39 is 11.9 Å². The standard InChI is InChI=1S/C14H19N3O2S.C2H2O4/c1-15-14(20)17-6-4-16(5-7-17)9-11-2-3-12-13(8-11)19-10-18-12;3-1(4)2(5)6/h2-3,8H,4-7,9-10H2,1H3,(H,15,20);(H,3,4)(H,5,6). The Morgan fingerprint density at radius 3 is 2.31 bits per heavy atom. The van der Waals surface area contributed by atoms with E-state index in [4.69, 9.17) is 41.5 Å². The lowest BCUT2D eigenvalue weighted by atomic mass is 10.1. The number of benzene rings is 1. The number of rotatable bonds is 2. The van der Waals surface area contributed by atoms with E-state index in [-0.39, 0.29) is 0 Å². The largest absolute Gasteiger partial charge is 0.473 e. The Kier molecular flexibility index (Phi) is 6.98. The Morgan fingerprint density at radius 2 is 1.73 bits per heavy atom. The van der Waals surface area contributed by atoms with Gasteiger partial charge in [-0.05, 0) is 29.9 Å². The topological polar surface area (TPSA) is 112 Å². The number of carboxylic acid groups (broad SMARTS) is 2. The number of nitrogens with one attached hydrogen (secondary N) is 1. The number of carboxylic acids is 2. The van der Waals surface area contributed by atoms with Crippen molar-refractivity contribution in [3.8, 4) is 11.5 Å². The van der Waals surface area contributed by atoms with Gasteiger partial charge < -0.3 is 29.9 Å². The van der Waals surface area contributed by atoms with Crippen molar-refractivity contribution in [1.82, 2.24) is 15.1 Å². The number of nitrogens with zero attached hydrogens (tertiary/aromatic N) is 2. The number of aliphatic carboxylic acids is 2. The second-order valence-electron chi connectivity index (χ2n) is 5.62. The molecule has 0 radical (unpaired) electrons. The van der Waals surface area contributed by atoms with Crippen molar-refractivity contribution in [2.24, 2.45) is 0 Å². The number of ether oxygens (including phenoxy) is 2. The highest BCUT2D eigenvalue weighted by Gasteiger charge is 2.19. The van der Waals surface area contributed by atoms with E-state index in [1.54, 1.807) is 0 Å². The van der Waals surface area contributed by atoms with Crippen molar-refractivity contribution in [2.45, 2.75) is 6.54 Å². The van der Waals surface area contributed by atoms with Gasteiger partial charge in [-0.25, -0.2) is 9.59 Å². The number of hydrogen-bond donors (Lipinski definition) is 3. The molecule has 26 heavy (non-hydrogen) atoms. The molecule has 3 N–H and O–H groups in total. The molecule has 1 aromatic rings. The van der Waals surface area contributed by atoms with Crippen LogP contribution in [0.2, 0.25) is 0 Å². The van der Waals surface area contributed by atoms with Crippen LogP contribution in [0, 0.1) is 0 Å². The Balaban J connectivity index is 0.000000352. The number of carbonyl (C=O) groups is 2. The number of hydrogen-bond acceptors (Lipinski definition) is 6. The summed E-state index contributed by atoms with van der Waals surface area (Å²) >= 11 is 5.26. The monoisotopic (exact) mass is 383 g/mol.